The van der Waals surface area contributed by atoms with Crippen molar-refractivity contribution in [2.45, 2.75) is 26.1 Å². The first kappa shape index (κ1) is 15.2. The molecule has 1 aliphatic heterocycles. The molecule has 0 radical (unpaired) electrons. The number of aliphatic hydroxyl groups excluding tert-OH is 1. The van der Waals surface area contributed by atoms with E-state index in [4.69, 9.17) is 4.42 Å². The van der Waals surface area contributed by atoms with E-state index in [-0.39, 0.29) is 12.5 Å². The molecular weight excluding hydrogens is 306 g/mol. The summed E-state index contributed by atoms with van der Waals surface area (Å²) in [5.74, 6) is 1.80. The highest BCUT2D eigenvalue weighted by atomic mass is 16.3. The van der Waals surface area contributed by atoms with Gasteiger partial charge < -0.3 is 19.4 Å². The van der Waals surface area contributed by atoms with Gasteiger partial charge in [-0.2, -0.15) is 5.10 Å². The van der Waals surface area contributed by atoms with E-state index in [0.717, 1.165) is 36.9 Å². The summed E-state index contributed by atoms with van der Waals surface area (Å²) in [5, 5.41) is 17.7. The fourth-order valence-corrected chi connectivity index (χ4v) is 3.17. The maximum atomic E-state index is 9.71. The number of nitrogens with one attached hydrogen (secondary N) is 1. The third kappa shape index (κ3) is 3.00. The monoisotopic (exact) mass is 327 g/mol. The Bertz CT molecular complexity index is 766. The highest BCUT2D eigenvalue weighted by Crippen LogP contribution is 2.21. The molecule has 0 bridgehead atoms. The summed E-state index contributed by atoms with van der Waals surface area (Å²) in [6.07, 6.45) is 6.09. The second kappa shape index (κ2) is 6.62. The summed E-state index contributed by atoms with van der Waals surface area (Å²) in [4.78, 5) is 4.48. The predicted octanol–water partition coefficient (Wildman–Crippen LogP) is 1.29. The lowest BCUT2D eigenvalue weighted by Gasteiger charge is -2.15. The highest BCUT2D eigenvalue weighted by molar-refractivity contribution is 5.50. The Hall–Kier alpha value is -2.38. The summed E-state index contributed by atoms with van der Waals surface area (Å²) in [7, 11) is 0. The van der Waals surface area contributed by atoms with Crippen LogP contribution in [0.1, 0.15) is 11.5 Å². The Morgan fingerprint density at radius 2 is 2.38 bits per heavy atom. The fraction of sp³-hybridized carbons (Fsp3) is 0.412. The summed E-state index contributed by atoms with van der Waals surface area (Å²) in [5.41, 5.74) is 2.06. The van der Waals surface area contributed by atoms with E-state index in [1.807, 2.05) is 23.0 Å². The maximum Gasteiger partial charge on any atom is 0.160 e. The molecule has 2 N–H and O–H groups in total. The standard InChI is InChI=1S/C17H21N5O2/c23-12-13(8-15-2-1-7-24-15)11-21-5-4-19-17(21)16-9-14-10-18-3-6-22(14)20-16/h1-2,4-5,7,9,13,18,23H,3,6,8,10-12H2. The van der Waals surface area contributed by atoms with Gasteiger partial charge in [0.15, 0.2) is 5.82 Å². The zero-order valence-corrected chi connectivity index (χ0v) is 13.4. The van der Waals surface area contributed by atoms with Crippen molar-refractivity contribution in [2.24, 2.45) is 5.92 Å². The predicted molar refractivity (Wildman–Crippen MR) is 88.1 cm³/mol. The molecular formula is C17H21N5O2. The van der Waals surface area contributed by atoms with Crippen LogP contribution in [0.3, 0.4) is 0 Å². The van der Waals surface area contributed by atoms with Gasteiger partial charge in [-0.3, -0.25) is 4.68 Å². The minimum absolute atomic E-state index is 0.0722. The Labute approximate surface area is 139 Å². The average molecular weight is 327 g/mol. The van der Waals surface area contributed by atoms with Crippen molar-refractivity contribution >= 4 is 0 Å². The van der Waals surface area contributed by atoms with Crippen LogP contribution in [0.25, 0.3) is 11.5 Å². The van der Waals surface area contributed by atoms with Gasteiger partial charge >= 0.3 is 0 Å². The first-order chi connectivity index (χ1) is 11.8. The molecule has 7 heteroatoms. The van der Waals surface area contributed by atoms with Crippen LogP contribution < -0.4 is 5.32 Å². The van der Waals surface area contributed by atoms with Crippen LogP contribution in [0.15, 0.2) is 41.3 Å². The van der Waals surface area contributed by atoms with Crippen molar-refractivity contribution in [1.82, 2.24) is 24.6 Å². The molecule has 1 unspecified atom stereocenters. The Morgan fingerprint density at radius 1 is 1.42 bits per heavy atom. The van der Waals surface area contributed by atoms with Crippen LogP contribution in [0.2, 0.25) is 0 Å². The van der Waals surface area contributed by atoms with E-state index >= 15 is 0 Å². The number of rotatable bonds is 6. The van der Waals surface area contributed by atoms with Gasteiger partial charge in [-0.05, 0) is 18.2 Å². The molecule has 0 fully saturated rings. The van der Waals surface area contributed by atoms with Gasteiger partial charge in [-0.25, -0.2) is 4.98 Å². The third-order valence-corrected chi connectivity index (χ3v) is 4.40. The SMILES string of the molecule is OCC(Cc1ccco1)Cn1ccnc1-c1cc2n(n1)CCNC2. The number of hydrogen-bond acceptors (Lipinski definition) is 5. The van der Waals surface area contributed by atoms with Gasteiger partial charge in [0.2, 0.25) is 0 Å². The largest absolute Gasteiger partial charge is 0.469 e. The normalized spacial score (nSPS) is 15.4. The lowest BCUT2D eigenvalue weighted by atomic mass is 10.0. The van der Waals surface area contributed by atoms with Crippen LogP contribution >= 0.6 is 0 Å². The van der Waals surface area contributed by atoms with Gasteiger partial charge in [0.1, 0.15) is 11.5 Å². The Morgan fingerprint density at radius 3 is 3.17 bits per heavy atom. The number of aliphatic hydroxyl groups is 1. The average Bonchev–Trinajstić information content (AvgIpc) is 3.34. The molecule has 0 aliphatic carbocycles. The van der Waals surface area contributed by atoms with Crippen molar-refractivity contribution < 1.29 is 9.52 Å². The van der Waals surface area contributed by atoms with E-state index in [1.54, 1.807) is 12.5 Å². The molecule has 0 saturated heterocycles. The summed E-state index contributed by atoms with van der Waals surface area (Å²) in [6, 6.07) is 5.90. The lowest BCUT2D eigenvalue weighted by Crippen LogP contribution is -2.28. The zero-order valence-electron chi connectivity index (χ0n) is 13.4. The van der Waals surface area contributed by atoms with Gasteiger partial charge in [-0.1, -0.05) is 0 Å². The van der Waals surface area contributed by atoms with E-state index in [0.29, 0.717) is 13.0 Å². The maximum absolute atomic E-state index is 9.71. The van der Waals surface area contributed by atoms with Crippen molar-refractivity contribution in [1.29, 1.82) is 0 Å². The topological polar surface area (TPSA) is 81.0 Å². The minimum Gasteiger partial charge on any atom is -0.469 e. The lowest BCUT2D eigenvalue weighted by molar-refractivity contribution is 0.204. The smallest absolute Gasteiger partial charge is 0.160 e. The van der Waals surface area contributed by atoms with E-state index in [2.05, 4.69) is 26.0 Å². The van der Waals surface area contributed by atoms with Crippen LogP contribution in [0, 0.1) is 5.92 Å². The Balaban J connectivity index is 1.54. The fourth-order valence-electron chi connectivity index (χ4n) is 3.17. The van der Waals surface area contributed by atoms with Crippen LogP contribution in [0.4, 0.5) is 0 Å². The second-order valence-corrected chi connectivity index (χ2v) is 6.16. The van der Waals surface area contributed by atoms with Crippen molar-refractivity contribution in [2.75, 3.05) is 13.2 Å². The van der Waals surface area contributed by atoms with Gasteiger partial charge in [-0.15, -0.1) is 0 Å². The molecule has 126 valence electrons. The number of nitrogens with zero attached hydrogens (tertiary/aromatic N) is 4. The molecule has 1 aliphatic rings. The quantitative estimate of drug-likeness (QED) is 0.713. The van der Waals surface area contributed by atoms with Crippen molar-refractivity contribution in [3.05, 3.63) is 48.3 Å². The molecule has 0 spiro atoms. The van der Waals surface area contributed by atoms with Crippen LogP contribution in [0.5, 0.6) is 0 Å². The molecule has 4 rings (SSSR count). The molecule has 1 atom stereocenters. The van der Waals surface area contributed by atoms with Gasteiger partial charge in [0.25, 0.3) is 0 Å². The molecule has 3 aromatic rings. The zero-order chi connectivity index (χ0) is 16.4. The number of furan rings is 1. The number of aromatic nitrogens is 4. The Kier molecular flexibility index (Phi) is 4.18. The van der Waals surface area contributed by atoms with E-state index in [1.165, 1.54) is 5.69 Å². The minimum atomic E-state index is 0.0722. The second-order valence-electron chi connectivity index (χ2n) is 6.16. The molecule has 0 saturated carbocycles. The molecule has 3 aromatic heterocycles. The van der Waals surface area contributed by atoms with Gasteiger partial charge in [0, 0.05) is 51.0 Å². The van der Waals surface area contributed by atoms with Gasteiger partial charge in [0.05, 0.1) is 18.5 Å². The highest BCUT2D eigenvalue weighted by Gasteiger charge is 2.18. The molecule has 7 nitrogen and oxygen atoms in total. The first-order valence-corrected chi connectivity index (χ1v) is 8.25. The summed E-state index contributed by atoms with van der Waals surface area (Å²) in [6.45, 7) is 3.44. The third-order valence-electron chi connectivity index (χ3n) is 4.40. The summed E-state index contributed by atoms with van der Waals surface area (Å²) >= 11 is 0. The number of imidazole rings is 1. The molecule has 0 amide bonds. The van der Waals surface area contributed by atoms with Crippen molar-refractivity contribution in [3.8, 4) is 11.5 Å². The first-order valence-electron chi connectivity index (χ1n) is 8.25. The molecule has 4 heterocycles. The van der Waals surface area contributed by atoms with Crippen LogP contribution in [-0.2, 0) is 26.1 Å². The molecule has 24 heavy (non-hydrogen) atoms. The van der Waals surface area contributed by atoms with E-state index < -0.39 is 0 Å². The van der Waals surface area contributed by atoms with Crippen LogP contribution in [-0.4, -0.2) is 37.6 Å². The van der Waals surface area contributed by atoms with Crippen molar-refractivity contribution in [3.63, 3.8) is 0 Å². The van der Waals surface area contributed by atoms with E-state index in [9.17, 15) is 5.11 Å². The molecule has 0 aromatic carbocycles. The number of fused-ring (bicyclic) bond motifs is 1. The summed E-state index contributed by atoms with van der Waals surface area (Å²) < 4.78 is 9.50. The number of hydrogen-bond donors (Lipinski definition) is 2.